The van der Waals surface area contributed by atoms with Gasteiger partial charge < -0.3 is 25.8 Å². The van der Waals surface area contributed by atoms with Gasteiger partial charge in [-0.1, -0.05) is 13.8 Å². The van der Waals surface area contributed by atoms with Crippen LogP contribution >= 0.6 is 0 Å². The average Bonchev–Trinajstić information content (AvgIpc) is 3.17. The molecule has 2 saturated heterocycles. The standard InChI is InChI=1S/C22H30N8O/c1-14(2)9-17-13-25-21(31)18-10-15-11-26-22(28-20(15)30(17)18)27-19-4-3-16(12-24-19)29-7-5-23-6-8-29/h3-4,10-12,14-15,17,20,23H,5-9,13H2,1-2H3,(H,25,31)(H,24,27,28). The minimum Gasteiger partial charge on any atom is -0.368 e. The molecule has 1 amide bonds. The molecule has 31 heavy (non-hydrogen) atoms. The summed E-state index contributed by atoms with van der Waals surface area (Å²) in [6.45, 7) is 9.05. The molecule has 2 fully saturated rings. The van der Waals surface area contributed by atoms with Gasteiger partial charge in [0.05, 0.1) is 17.8 Å². The minimum atomic E-state index is -0.134. The lowest BCUT2D eigenvalue weighted by Crippen LogP contribution is -2.55. The van der Waals surface area contributed by atoms with Gasteiger partial charge in [0.1, 0.15) is 17.7 Å². The second kappa shape index (κ2) is 8.30. The number of piperazine rings is 2. The molecule has 3 atom stereocenters. The minimum absolute atomic E-state index is 0.0158. The van der Waals surface area contributed by atoms with Gasteiger partial charge in [0.2, 0.25) is 5.96 Å². The van der Waals surface area contributed by atoms with Crippen molar-refractivity contribution in [3.63, 3.8) is 0 Å². The van der Waals surface area contributed by atoms with Gasteiger partial charge in [-0.2, -0.15) is 0 Å². The zero-order valence-electron chi connectivity index (χ0n) is 18.1. The number of pyridine rings is 1. The second-order valence-electron chi connectivity index (χ2n) is 8.94. The Balaban J connectivity index is 1.31. The molecule has 0 spiro atoms. The number of fused-ring (bicyclic) bond motifs is 3. The molecule has 4 aliphatic rings. The Labute approximate surface area is 182 Å². The van der Waals surface area contributed by atoms with E-state index in [9.17, 15) is 4.79 Å². The molecule has 0 aromatic carbocycles. The van der Waals surface area contributed by atoms with E-state index < -0.39 is 0 Å². The van der Waals surface area contributed by atoms with Crippen LogP contribution in [0.5, 0.6) is 0 Å². The number of nitrogens with zero attached hydrogens (tertiary/aromatic N) is 5. The van der Waals surface area contributed by atoms with Gasteiger partial charge in [-0.3, -0.25) is 4.79 Å². The van der Waals surface area contributed by atoms with E-state index in [4.69, 9.17) is 4.99 Å². The first kappa shape index (κ1) is 20.0. The molecular weight excluding hydrogens is 392 g/mol. The van der Waals surface area contributed by atoms with Crippen LogP contribution in [0.3, 0.4) is 0 Å². The van der Waals surface area contributed by atoms with Gasteiger partial charge in [-0.25, -0.2) is 15.0 Å². The van der Waals surface area contributed by atoms with Crippen LogP contribution in [-0.2, 0) is 4.79 Å². The number of rotatable bonds is 4. The van der Waals surface area contributed by atoms with Crippen molar-refractivity contribution in [3.8, 4) is 0 Å². The van der Waals surface area contributed by atoms with Crippen molar-refractivity contribution in [2.45, 2.75) is 32.5 Å². The highest BCUT2D eigenvalue weighted by Crippen LogP contribution is 2.35. The van der Waals surface area contributed by atoms with Crippen LogP contribution in [0.4, 0.5) is 11.5 Å². The zero-order valence-corrected chi connectivity index (χ0v) is 18.1. The number of amides is 1. The van der Waals surface area contributed by atoms with Crippen molar-refractivity contribution < 1.29 is 4.79 Å². The van der Waals surface area contributed by atoms with Gasteiger partial charge in [-0.15, -0.1) is 0 Å². The van der Waals surface area contributed by atoms with E-state index in [0.29, 0.717) is 18.4 Å². The fraction of sp³-hybridized carbons (Fsp3) is 0.545. The molecule has 4 aliphatic heterocycles. The van der Waals surface area contributed by atoms with E-state index >= 15 is 0 Å². The Hall–Kier alpha value is -2.94. The molecule has 3 unspecified atom stereocenters. The summed E-state index contributed by atoms with van der Waals surface area (Å²) in [7, 11) is 0. The van der Waals surface area contributed by atoms with Crippen LogP contribution in [0, 0.1) is 11.8 Å². The van der Waals surface area contributed by atoms with Crippen molar-refractivity contribution in [1.82, 2.24) is 20.5 Å². The van der Waals surface area contributed by atoms with E-state index in [2.05, 4.69) is 55.6 Å². The number of guanidine groups is 1. The summed E-state index contributed by atoms with van der Waals surface area (Å²) in [5, 5.41) is 9.64. The average molecular weight is 423 g/mol. The van der Waals surface area contributed by atoms with E-state index in [1.807, 2.05) is 24.6 Å². The van der Waals surface area contributed by atoms with E-state index in [-0.39, 0.29) is 24.0 Å². The van der Waals surface area contributed by atoms with Crippen molar-refractivity contribution >= 4 is 29.6 Å². The van der Waals surface area contributed by atoms with E-state index in [1.165, 1.54) is 0 Å². The van der Waals surface area contributed by atoms with E-state index in [1.54, 1.807) is 0 Å². The summed E-state index contributed by atoms with van der Waals surface area (Å²) in [5.74, 6) is 1.79. The van der Waals surface area contributed by atoms with Crippen LogP contribution in [0.2, 0.25) is 0 Å². The number of nitrogens with one attached hydrogen (secondary N) is 3. The Morgan fingerprint density at radius 2 is 2.10 bits per heavy atom. The first-order chi connectivity index (χ1) is 15.1. The van der Waals surface area contributed by atoms with Crippen LogP contribution < -0.4 is 20.9 Å². The monoisotopic (exact) mass is 422 g/mol. The Morgan fingerprint density at radius 1 is 1.26 bits per heavy atom. The summed E-state index contributed by atoms with van der Waals surface area (Å²) in [6.07, 6.45) is 6.65. The highest BCUT2D eigenvalue weighted by atomic mass is 16.2. The number of aromatic nitrogens is 1. The van der Waals surface area contributed by atoms with Crippen LogP contribution in [0.15, 0.2) is 40.1 Å². The molecule has 5 heterocycles. The highest BCUT2D eigenvalue weighted by molar-refractivity contribution is 6.01. The molecule has 0 saturated carbocycles. The maximum absolute atomic E-state index is 12.4. The predicted octanol–water partition coefficient (Wildman–Crippen LogP) is 1.03. The highest BCUT2D eigenvalue weighted by Gasteiger charge is 2.44. The summed E-state index contributed by atoms with van der Waals surface area (Å²) < 4.78 is 0. The fourth-order valence-electron chi connectivity index (χ4n) is 4.76. The Kier molecular flexibility index (Phi) is 5.35. The van der Waals surface area contributed by atoms with Gasteiger partial charge in [0, 0.05) is 45.0 Å². The van der Waals surface area contributed by atoms with Crippen molar-refractivity contribution in [3.05, 3.63) is 30.1 Å². The quantitative estimate of drug-likeness (QED) is 0.671. The third-order valence-corrected chi connectivity index (χ3v) is 6.22. The fourth-order valence-corrected chi connectivity index (χ4v) is 4.76. The molecule has 9 nitrogen and oxygen atoms in total. The number of anilines is 2. The molecule has 5 rings (SSSR count). The Morgan fingerprint density at radius 3 is 2.84 bits per heavy atom. The number of carbonyl (C=O) groups excluding carboxylic acids is 1. The lowest BCUT2D eigenvalue weighted by molar-refractivity contribution is -0.121. The topological polar surface area (TPSA) is 97.2 Å². The summed E-state index contributed by atoms with van der Waals surface area (Å²) in [5.41, 5.74) is 1.85. The first-order valence-corrected chi connectivity index (χ1v) is 11.2. The molecule has 0 radical (unpaired) electrons. The maximum Gasteiger partial charge on any atom is 0.267 e. The molecule has 0 aliphatic carbocycles. The molecule has 0 bridgehead atoms. The number of aliphatic imine (C=N–C) groups is 2. The molecular formula is C22H30N8O. The summed E-state index contributed by atoms with van der Waals surface area (Å²) >= 11 is 0. The van der Waals surface area contributed by atoms with Crippen molar-refractivity contribution in [2.75, 3.05) is 42.9 Å². The lowest BCUT2D eigenvalue weighted by atomic mass is 9.99. The van der Waals surface area contributed by atoms with Gasteiger partial charge in [0.15, 0.2) is 0 Å². The molecule has 164 valence electrons. The normalized spacial score (nSPS) is 27.5. The smallest absolute Gasteiger partial charge is 0.267 e. The first-order valence-electron chi connectivity index (χ1n) is 11.2. The zero-order chi connectivity index (χ0) is 21.4. The second-order valence-corrected chi connectivity index (χ2v) is 8.94. The van der Waals surface area contributed by atoms with Crippen molar-refractivity contribution in [1.29, 1.82) is 0 Å². The largest absolute Gasteiger partial charge is 0.368 e. The molecule has 1 aromatic heterocycles. The maximum atomic E-state index is 12.4. The number of hydrogen-bond acceptors (Lipinski definition) is 8. The van der Waals surface area contributed by atoms with Gasteiger partial charge in [-0.05, 0) is 30.5 Å². The van der Waals surface area contributed by atoms with Crippen LogP contribution in [0.25, 0.3) is 0 Å². The van der Waals surface area contributed by atoms with Crippen LogP contribution in [-0.4, -0.2) is 72.9 Å². The summed E-state index contributed by atoms with van der Waals surface area (Å²) in [4.78, 5) is 30.9. The third-order valence-electron chi connectivity index (χ3n) is 6.22. The van der Waals surface area contributed by atoms with Crippen molar-refractivity contribution in [2.24, 2.45) is 21.8 Å². The van der Waals surface area contributed by atoms with Crippen LogP contribution in [0.1, 0.15) is 20.3 Å². The molecule has 9 heteroatoms. The third kappa shape index (κ3) is 4.01. The predicted molar refractivity (Wildman–Crippen MR) is 122 cm³/mol. The number of carbonyl (C=O) groups is 1. The molecule has 3 N–H and O–H groups in total. The number of hydrogen-bond donors (Lipinski definition) is 3. The van der Waals surface area contributed by atoms with E-state index in [0.717, 1.165) is 49.8 Å². The van der Waals surface area contributed by atoms with Gasteiger partial charge in [0.25, 0.3) is 5.91 Å². The molecule has 1 aromatic rings. The van der Waals surface area contributed by atoms with Gasteiger partial charge >= 0.3 is 0 Å². The lowest BCUT2D eigenvalue weighted by Gasteiger charge is -2.40. The summed E-state index contributed by atoms with van der Waals surface area (Å²) in [6, 6.07) is 4.29. The Bertz CT molecular complexity index is 916. The SMILES string of the molecule is CC(C)CC1CNC(=O)C2=CC3C=NC(Nc4ccc(N5CCNCC5)cn4)=NC3N21.